The summed E-state index contributed by atoms with van der Waals surface area (Å²) in [4.78, 5) is 12.6. The van der Waals surface area contributed by atoms with Crippen molar-refractivity contribution in [2.75, 3.05) is 20.2 Å². The standard InChI is InChI=1S/C17H26N2O2/c1-13(2)17(7-8-18-12-17)16(20)19-10-14-5-4-6-15(9-14)11-21-3/h4-6,9,13,18H,7-8,10-12H2,1-3H3,(H,19,20). The fourth-order valence-corrected chi connectivity index (χ4v) is 3.01. The summed E-state index contributed by atoms with van der Waals surface area (Å²) >= 11 is 0. The maximum atomic E-state index is 12.6. The minimum Gasteiger partial charge on any atom is -0.380 e. The van der Waals surface area contributed by atoms with Crippen LogP contribution in [0.2, 0.25) is 0 Å². The van der Waals surface area contributed by atoms with Gasteiger partial charge in [0.25, 0.3) is 0 Å². The lowest BCUT2D eigenvalue weighted by Crippen LogP contribution is -2.45. The maximum absolute atomic E-state index is 12.6. The molecule has 4 nitrogen and oxygen atoms in total. The number of carbonyl (C=O) groups excluding carboxylic acids is 1. The van der Waals surface area contributed by atoms with E-state index in [2.05, 4.69) is 30.5 Å². The molecular formula is C17H26N2O2. The number of hydrogen-bond donors (Lipinski definition) is 2. The lowest BCUT2D eigenvalue weighted by Gasteiger charge is -2.31. The van der Waals surface area contributed by atoms with Crippen molar-refractivity contribution in [2.45, 2.75) is 33.4 Å². The van der Waals surface area contributed by atoms with Gasteiger partial charge in [-0.15, -0.1) is 0 Å². The summed E-state index contributed by atoms with van der Waals surface area (Å²) in [7, 11) is 1.69. The molecule has 1 saturated heterocycles. The van der Waals surface area contributed by atoms with E-state index in [0.717, 1.165) is 30.6 Å². The van der Waals surface area contributed by atoms with Gasteiger partial charge in [0.1, 0.15) is 0 Å². The van der Waals surface area contributed by atoms with E-state index in [1.807, 2.05) is 18.2 Å². The fraction of sp³-hybridized carbons (Fsp3) is 0.588. The Balaban J connectivity index is 1.98. The molecule has 1 aliphatic heterocycles. The van der Waals surface area contributed by atoms with Crippen LogP contribution in [0.4, 0.5) is 0 Å². The van der Waals surface area contributed by atoms with Gasteiger partial charge >= 0.3 is 0 Å². The molecule has 1 atom stereocenters. The predicted octanol–water partition coefficient (Wildman–Crippen LogP) is 2.08. The van der Waals surface area contributed by atoms with Crippen LogP contribution in [0, 0.1) is 11.3 Å². The van der Waals surface area contributed by atoms with Crippen LogP contribution in [0.1, 0.15) is 31.4 Å². The highest BCUT2D eigenvalue weighted by Crippen LogP contribution is 2.34. The van der Waals surface area contributed by atoms with E-state index in [9.17, 15) is 4.79 Å². The Kier molecular flexibility index (Phi) is 5.37. The molecular weight excluding hydrogens is 264 g/mol. The highest BCUT2D eigenvalue weighted by atomic mass is 16.5. The van der Waals surface area contributed by atoms with Crippen molar-refractivity contribution in [3.8, 4) is 0 Å². The van der Waals surface area contributed by atoms with Crippen molar-refractivity contribution in [3.05, 3.63) is 35.4 Å². The van der Waals surface area contributed by atoms with Crippen LogP contribution in [0.15, 0.2) is 24.3 Å². The molecule has 1 heterocycles. The average molecular weight is 290 g/mol. The van der Waals surface area contributed by atoms with E-state index in [0.29, 0.717) is 19.1 Å². The number of ether oxygens (including phenoxy) is 1. The summed E-state index contributed by atoms with van der Waals surface area (Å²) in [5.74, 6) is 0.506. The van der Waals surface area contributed by atoms with Crippen molar-refractivity contribution in [3.63, 3.8) is 0 Å². The molecule has 116 valence electrons. The quantitative estimate of drug-likeness (QED) is 0.843. The molecule has 0 radical (unpaired) electrons. The Morgan fingerprint density at radius 2 is 2.19 bits per heavy atom. The molecule has 0 spiro atoms. The van der Waals surface area contributed by atoms with E-state index < -0.39 is 0 Å². The van der Waals surface area contributed by atoms with Gasteiger partial charge in [0.05, 0.1) is 12.0 Å². The number of amides is 1. The summed E-state index contributed by atoms with van der Waals surface area (Å²) in [6.45, 7) is 7.14. The minimum atomic E-state index is -0.260. The lowest BCUT2D eigenvalue weighted by molar-refractivity contribution is -0.132. The summed E-state index contributed by atoms with van der Waals surface area (Å²) in [6, 6.07) is 8.16. The Labute approximate surface area is 127 Å². The molecule has 4 heteroatoms. The average Bonchev–Trinajstić information content (AvgIpc) is 2.96. The van der Waals surface area contributed by atoms with Crippen LogP contribution in [-0.4, -0.2) is 26.1 Å². The van der Waals surface area contributed by atoms with Gasteiger partial charge in [-0.1, -0.05) is 38.1 Å². The number of methoxy groups -OCH3 is 1. The first-order valence-electron chi connectivity index (χ1n) is 7.64. The first-order valence-corrected chi connectivity index (χ1v) is 7.64. The summed E-state index contributed by atoms with van der Waals surface area (Å²) in [5.41, 5.74) is 1.98. The van der Waals surface area contributed by atoms with Gasteiger partial charge in [-0.3, -0.25) is 4.79 Å². The third-order valence-electron chi connectivity index (χ3n) is 4.50. The minimum absolute atomic E-state index is 0.166. The normalized spacial score (nSPS) is 21.7. The van der Waals surface area contributed by atoms with E-state index >= 15 is 0 Å². The molecule has 1 amide bonds. The SMILES string of the molecule is COCc1cccc(CNC(=O)C2(C(C)C)CCNC2)c1. The Morgan fingerprint density at radius 3 is 2.81 bits per heavy atom. The highest BCUT2D eigenvalue weighted by Gasteiger charge is 2.43. The fourth-order valence-electron chi connectivity index (χ4n) is 3.01. The Hall–Kier alpha value is -1.39. The first-order chi connectivity index (χ1) is 10.1. The zero-order chi connectivity index (χ0) is 15.3. The zero-order valence-electron chi connectivity index (χ0n) is 13.2. The van der Waals surface area contributed by atoms with Gasteiger partial charge in [-0.05, 0) is 30.0 Å². The molecule has 1 aromatic rings. The number of hydrogen-bond acceptors (Lipinski definition) is 3. The molecule has 0 aliphatic carbocycles. The number of rotatable bonds is 6. The van der Waals surface area contributed by atoms with Crippen molar-refractivity contribution in [1.29, 1.82) is 0 Å². The van der Waals surface area contributed by atoms with E-state index in [1.54, 1.807) is 7.11 Å². The summed E-state index contributed by atoms with van der Waals surface area (Å²) in [6.07, 6.45) is 0.917. The van der Waals surface area contributed by atoms with Crippen molar-refractivity contribution in [1.82, 2.24) is 10.6 Å². The monoisotopic (exact) mass is 290 g/mol. The second-order valence-corrected chi connectivity index (χ2v) is 6.17. The number of nitrogens with one attached hydrogen (secondary N) is 2. The largest absolute Gasteiger partial charge is 0.380 e. The Bertz CT molecular complexity index is 479. The maximum Gasteiger partial charge on any atom is 0.228 e. The van der Waals surface area contributed by atoms with E-state index in [-0.39, 0.29) is 11.3 Å². The third kappa shape index (κ3) is 3.63. The molecule has 0 saturated carbocycles. The summed E-state index contributed by atoms with van der Waals surface area (Å²) in [5, 5.41) is 6.43. The van der Waals surface area contributed by atoms with Gasteiger partial charge < -0.3 is 15.4 Å². The molecule has 0 bridgehead atoms. The highest BCUT2D eigenvalue weighted by molar-refractivity contribution is 5.83. The molecule has 21 heavy (non-hydrogen) atoms. The van der Waals surface area contributed by atoms with Crippen LogP contribution < -0.4 is 10.6 Å². The Morgan fingerprint density at radius 1 is 1.43 bits per heavy atom. The molecule has 2 rings (SSSR count). The molecule has 2 N–H and O–H groups in total. The van der Waals surface area contributed by atoms with Crippen LogP contribution in [0.3, 0.4) is 0 Å². The van der Waals surface area contributed by atoms with Gasteiger partial charge in [-0.25, -0.2) is 0 Å². The molecule has 1 aromatic carbocycles. The van der Waals surface area contributed by atoms with Crippen LogP contribution in [0.25, 0.3) is 0 Å². The van der Waals surface area contributed by atoms with Gasteiger partial charge in [0.2, 0.25) is 5.91 Å². The van der Waals surface area contributed by atoms with Gasteiger partial charge in [-0.2, -0.15) is 0 Å². The van der Waals surface area contributed by atoms with E-state index in [1.165, 1.54) is 0 Å². The molecule has 1 aliphatic rings. The third-order valence-corrected chi connectivity index (χ3v) is 4.50. The topological polar surface area (TPSA) is 50.4 Å². The second kappa shape index (κ2) is 7.05. The zero-order valence-corrected chi connectivity index (χ0v) is 13.2. The van der Waals surface area contributed by atoms with Gasteiger partial charge in [0, 0.05) is 20.2 Å². The van der Waals surface area contributed by atoms with Crippen LogP contribution in [-0.2, 0) is 22.7 Å². The van der Waals surface area contributed by atoms with Crippen LogP contribution >= 0.6 is 0 Å². The van der Waals surface area contributed by atoms with Crippen molar-refractivity contribution < 1.29 is 9.53 Å². The number of carbonyl (C=O) groups is 1. The number of benzene rings is 1. The predicted molar refractivity (Wildman–Crippen MR) is 83.8 cm³/mol. The lowest BCUT2D eigenvalue weighted by atomic mass is 9.75. The summed E-state index contributed by atoms with van der Waals surface area (Å²) < 4.78 is 5.14. The second-order valence-electron chi connectivity index (χ2n) is 6.17. The van der Waals surface area contributed by atoms with Crippen LogP contribution in [0.5, 0.6) is 0 Å². The molecule has 0 aromatic heterocycles. The van der Waals surface area contributed by atoms with Gasteiger partial charge in [0.15, 0.2) is 0 Å². The molecule has 1 unspecified atom stereocenters. The van der Waals surface area contributed by atoms with Crippen molar-refractivity contribution in [2.24, 2.45) is 11.3 Å². The van der Waals surface area contributed by atoms with E-state index in [4.69, 9.17) is 4.74 Å². The van der Waals surface area contributed by atoms with Crippen molar-refractivity contribution >= 4 is 5.91 Å². The molecule has 1 fully saturated rings. The first kappa shape index (κ1) is 16.0. The smallest absolute Gasteiger partial charge is 0.228 e.